The summed E-state index contributed by atoms with van der Waals surface area (Å²) >= 11 is 0. The number of aromatic nitrogens is 1. The number of anilines is 1. The zero-order chi connectivity index (χ0) is 17.9. The fourth-order valence-electron chi connectivity index (χ4n) is 3.85. The predicted octanol–water partition coefficient (Wildman–Crippen LogP) is 3.80. The quantitative estimate of drug-likeness (QED) is 0.729. The monoisotopic (exact) mass is 345 g/mol. The number of aliphatic hydroxyl groups is 1. The number of nitrogens with zero attached hydrogens (tertiary/aromatic N) is 2. The second-order valence-electron chi connectivity index (χ2n) is 6.97. The highest BCUT2D eigenvalue weighted by Gasteiger charge is 2.23. The molecule has 4 rings (SSSR count). The Bertz CT molecular complexity index is 931. The Balaban J connectivity index is 1.55. The van der Waals surface area contributed by atoms with E-state index in [-0.39, 0.29) is 12.6 Å². The highest BCUT2D eigenvalue weighted by atomic mass is 16.3. The standard InChI is InChI=1S/C23H25N2O/c1-24-20(15-11-19-5-2-3-7-23(19)24)12-8-18-9-13-21(14-10-18)25-16-4-6-22(25)17-26/h2-3,5,7-15,22,26H,4,6,16-17H2,1H3/q+1. The molecule has 1 fully saturated rings. The van der Waals surface area contributed by atoms with Gasteiger partial charge in [0.1, 0.15) is 7.05 Å². The van der Waals surface area contributed by atoms with Crippen molar-refractivity contribution < 1.29 is 9.67 Å². The van der Waals surface area contributed by atoms with E-state index in [0.29, 0.717) is 0 Å². The van der Waals surface area contributed by atoms with E-state index in [2.05, 4.69) is 89.3 Å². The molecular weight excluding hydrogens is 320 g/mol. The minimum atomic E-state index is 0.236. The van der Waals surface area contributed by atoms with Crippen molar-refractivity contribution in [3.05, 3.63) is 71.9 Å². The van der Waals surface area contributed by atoms with Crippen molar-refractivity contribution in [3.63, 3.8) is 0 Å². The normalized spacial score (nSPS) is 17.5. The summed E-state index contributed by atoms with van der Waals surface area (Å²) in [5.74, 6) is 0. The van der Waals surface area contributed by atoms with E-state index in [0.717, 1.165) is 19.4 Å². The van der Waals surface area contributed by atoms with Crippen molar-refractivity contribution in [2.75, 3.05) is 18.1 Å². The van der Waals surface area contributed by atoms with Crippen LogP contribution < -0.4 is 9.47 Å². The van der Waals surface area contributed by atoms with Gasteiger partial charge in [-0.25, -0.2) is 0 Å². The summed E-state index contributed by atoms with van der Waals surface area (Å²) in [5.41, 5.74) is 4.79. The molecule has 2 aromatic carbocycles. The lowest BCUT2D eigenvalue weighted by molar-refractivity contribution is -0.646. The third-order valence-electron chi connectivity index (χ3n) is 5.38. The van der Waals surface area contributed by atoms with Crippen LogP contribution in [0.4, 0.5) is 5.69 Å². The molecule has 2 heterocycles. The smallest absolute Gasteiger partial charge is 0.212 e. The summed E-state index contributed by atoms with van der Waals surface area (Å²) < 4.78 is 2.22. The third-order valence-corrected chi connectivity index (χ3v) is 5.38. The summed E-state index contributed by atoms with van der Waals surface area (Å²) in [5, 5.41) is 10.8. The molecule has 0 saturated carbocycles. The second-order valence-corrected chi connectivity index (χ2v) is 6.97. The molecular formula is C23H25N2O+. The van der Waals surface area contributed by atoms with Crippen molar-refractivity contribution in [2.24, 2.45) is 7.05 Å². The molecule has 0 spiro atoms. The van der Waals surface area contributed by atoms with Gasteiger partial charge in [0.25, 0.3) is 0 Å². The number of para-hydroxylation sites is 1. The van der Waals surface area contributed by atoms with E-state index in [1.54, 1.807) is 0 Å². The van der Waals surface area contributed by atoms with E-state index >= 15 is 0 Å². The van der Waals surface area contributed by atoms with Gasteiger partial charge in [-0.2, -0.15) is 4.57 Å². The molecule has 1 aromatic heterocycles. The molecule has 3 aromatic rings. The van der Waals surface area contributed by atoms with Gasteiger partial charge < -0.3 is 10.0 Å². The first-order chi connectivity index (χ1) is 12.8. The lowest BCUT2D eigenvalue weighted by Crippen LogP contribution is -2.32. The van der Waals surface area contributed by atoms with Gasteiger partial charge in [-0.1, -0.05) is 24.3 Å². The average Bonchev–Trinajstić information content (AvgIpc) is 3.17. The lowest BCUT2D eigenvalue weighted by atomic mass is 10.1. The number of fused-ring (bicyclic) bond motifs is 1. The lowest BCUT2D eigenvalue weighted by Gasteiger charge is -2.25. The van der Waals surface area contributed by atoms with Crippen LogP contribution in [0.5, 0.6) is 0 Å². The molecule has 0 radical (unpaired) electrons. The van der Waals surface area contributed by atoms with Crippen LogP contribution >= 0.6 is 0 Å². The first kappa shape index (κ1) is 16.8. The number of rotatable bonds is 4. The highest BCUT2D eigenvalue weighted by molar-refractivity contribution is 5.77. The highest BCUT2D eigenvalue weighted by Crippen LogP contribution is 2.25. The molecule has 1 N–H and O–H groups in total. The van der Waals surface area contributed by atoms with Crippen molar-refractivity contribution in [1.29, 1.82) is 0 Å². The van der Waals surface area contributed by atoms with Crippen molar-refractivity contribution in [3.8, 4) is 0 Å². The third kappa shape index (κ3) is 3.23. The van der Waals surface area contributed by atoms with Crippen LogP contribution in [0.1, 0.15) is 24.1 Å². The van der Waals surface area contributed by atoms with Crippen LogP contribution in [0.25, 0.3) is 23.1 Å². The van der Waals surface area contributed by atoms with Crippen molar-refractivity contribution >= 4 is 28.7 Å². The molecule has 0 aliphatic carbocycles. The molecule has 0 amide bonds. The molecule has 1 atom stereocenters. The van der Waals surface area contributed by atoms with Crippen molar-refractivity contribution in [2.45, 2.75) is 18.9 Å². The Morgan fingerprint density at radius 1 is 1.04 bits per heavy atom. The van der Waals surface area contributed by atoms with Gasteiger partial charge in [-0.15, -0.1) is 0 Å². The summed E-state index contributed by atoms with van der Waals surface area (Å²) in [6.07, 6.45) is 6.55. The molecule has 26 heavy (non-hydrogen) atoms. The fourth-order valence-corrected chi connectivity index (χ4v) is 3.85. The van der Waals surface area contributed by atoms with E-state index in [9.17, 15) is 5.11 Å². The van der Waals surface area contributed by atoms with Crippen molar-refractivity contribution in [1.82, 2.24) is 0 Å². The molecule has 3 heteroatoms. The topological polar surface area (TPSA) is 27.4 Å². The van der Waals surface area contributed by atoms with Gasteiger partial charge in [0.05, 0.1) is 12.6 Å². The number of aryl methyl sites for hydroxylation is 1. The first-order valence-corrected chi connectivity index (χ1v) is 9.30. The summed E-state index contributed by atoms with van der Waals surface area (Å²) in [6, 6.07) is 21.7. The maximum absolute atomic E-state index is 9.51. The fraction of sp³-hybridized carbons (Fsp3) is 0.261. The Kier molecular flexibility index (Phi) is 4.72. The second kappa shape index (κ2) is 7.30. The maximum Gasteiger partial charge on any atom is 0.212 e. The number of pyridine rings is 1. The predicted molar refractivity (Wildman–Crippen MR) is 108 cm³/mol. The van der Waals surface area contributed by atoms with E-state index in [1.165, 1.54) is 27.8 Å². The Labute approximate surface area is 154 Å². The Morgan fingerprint density at radius 2 is 1.85 bits per heavy atom. The first-order valence-electron chi connectivity index (χ1n) is 9.30. The molecule has 0 bridgehead atoms. The van der Waals surface area contributed by atoms with Gasteiger partial charge in [0.2, 0.25) is 11.2 Å². The Hall–Kier alpha value is -2.65. The van der Waals surface area contributed by atoms with Crippen LogP contribution in [0.15, 0.2) is 60.7 Å². The molecule has 132 valence electrons. The molecule has 3 nitrogen and oxygen atoms in total. The van der Waals surface area contributed by atoms with Crippen LogP contribution in [0, 0.1) is 0 Å². The van der Waals surface area contributed by atoms with Crippen LogP contribution in [-0.4, -0.2) is 24.3 Å². The van der Waals surface area contributed by atoms with Crippen LogP contribution in [-0.2, 0) is 7.05 Å². The minimum Gasteiger partial charge on any atom is -0.394 e. The molecule has 1 saturated heterocycles. The van der Waals surface area contributed by atoms with E-state index in [4.69, 9.17) is 0 Å². The SMILES string of the molecule is C[n+]1c(C=Cc2ccc(N3CCCC3CO)cc2)ccc2ccccc21. The van der Waals surface area contributed by atoms with Gasteiger partial charge in [-0.05, 0) is 48.7 Å². The number of aliphatic hydroxyl groups excluding tert-OH is 1. The van der Waals surface area contributed by atoms with Crippen LogP contribution in [0.3, 0.4) is 0 Å². The molecule has 1 aliphatic rings. The zero-order valence-corrected chi connectivity index (χ0v) is 15.2. The van der Waals surface area contributed by atoms with Gasteiger partial charge >= 0.3 is 0 Å². The number of benzene rings is 2. The Morgan fingerprint density at radius 3 is 2.65 bits per heavy atom. The van der Waals surface area contributed by atoms with Gasteiger partial charge in [-0.3, -0.25) is 0 Å². The maximum atomic E-state index is 9.51. The number of hydrogen-bond donors (Lipinski definition) is 1. The van der Waals surface area contributed by atoms with Gasteiger partial charge in [0, 0.05) is 35.8 Å². The summed E-state index contributed by atoms with van der Waals surface area (Å²) in [7, 11) is 2.10. The zero-order valence-electron chi connectivity index (χ0n) is 15.2. The molecule has 1 unspecified atom stereocenters. The minimum absolute atomic E-state index is 0.236. The average molecular weight is 345 g/mol. The van der Waals surface area contributed by atoms with Gasteiger partial charge in [0.15, 0.2) is 0 Å². The van der Waals surface area contributed by atoms with E-state index < -0.39 is 0 Å². The number of hydrogen-bond acceptors (Lipinski definition) is 2. The molecule has 1 aliphatic heterocycles. The van der Waals surface area contributed by atoms with E-state index in [1.807, 2.05) is 0 Å². The summed E-state index contributed by atoms with van der Waals surface area (Å²) in [4.78, 5) is 2.32. The van der Waals surface area contributed by atoms with Crippen LogP contribution in [0.2, 0.25) is 0 Å². The largest absolute Gasteiger partial charge is 0.394 e. The summed E-state index contributed by atoms with van der Waals surface area (Å²) in [6.45, 7) is 1.27.